The zero-order valence-electron chi connectivity index (χ0n) is 26.1. The van der Waals surface area contributed by atoms with Gasteiger partial charge in [-0.05, 0) is 85.5 Å². The molecule has 1 aromatic carbocycles. The van der Waals surface area contributed by atoms with Gasteiger partial charge in [0.1, 0.15) is 22.4 Å². The van der Waals surface area contributed by atoms with Crippen molar-refractivity contribution in [3.05, 3.63) is 77.2 Å². The van der Waals surface area contributed by atoms with Gasteiger partial charge in [0.15, 0.2) is 5.82 Å². The zero-order chi connectivity index (χ0) is 32.0. The molecule has 47 heavy (non-hydrogen) atoms. The maximum atomic E-state index is 13.0. The summed E-state index contributed by atoms with van der Waals surface area (Å²) in [4.78, 5) is 35.0. The lowest BCUT2D eigenvalue weighted by Crippen LogP contribution is -2.41. The maximum absolute atomic E-state index is 13.0. The van der Waals surface area contributed by atoms with Crippen LogP contribution in [0.2, 0.25) is 5.02 Å². The number of fused-ring (bicyclic) bond motifs is 6. The summed E-state index contributed by atoms with van der Waals surface area (Å²) < 4.78 is 11.8. The van der Waals surface area contributed by atoms with E-state index < -0.39 is 0 Å². The van der Waals surface area contributed by atoms with Gasteiger partial charge in [0, 0.05) is 38.1 Å². The molecule has 3 aromatic heterocycles. The highest BCUT2D eigenvalue weighted by atomic mass is 35.5. The molecule has 0 atom stereocenters. The SMILES string of the molecule is O=C(Nc1cccc(N2CCOCC2)n1)N1CCC(CCOc2ccc3cc2CCc2cncc(c2)Nc2ncc(Cl)c(n2)N3)CC1. The normalized spacial score (nSPS) is 16.5. The van der Waals surface area contributed by atoms with Crippen LogP contribution in [0.1, 0.15) is 30.4 Å². The van der Waals surface area contributed by atoms with Gasteiger partial charge < -0.3 is 29.9 Å². The van der Waals surface area contributed by atoms with Gasteiger partial charge >= 0.3 is 6.03 Å². The molecule has 3 aliphatic rings. The van der Waals surface area contributed by atoms with E-state index in [4.69, 9.17) is 21.1 Å². The Morgan fingerprint density at radius 3 is 2.72 bits per heavy atom. The highest BCUT2D eigenvalue weighted by Crippen LogP contribution is 2.31. The van der Waals surface area contributed by atoms with Crippen molar-refractivity contribution >= 4 is 52.4 Å². The van der Waals surface area contributed by atoms with Gasteiger partial charge in [-0.2, -0.15) is 4.98 Å². The number of halogens is 1. The first-order valence-corrected chi connectivity index (χ1v) is 16.6. The number of urea groups is 1. The van der Waals surface area contributed by atoms with Crippen molar-refractivity contribution in [1.82, 2.24) is 24.8 Å². The number of carbonyl (C=O) groups is 1. The van der Waals surface area contributed by atoms with Crippen molar-refractivity contribution in [3.8, 4) is 5.75 Å². The molecule has 2 fully saturated rings. The molecule has 0 unspecified atom stereocenters. The summed E-state index contributed by atoms with van der Waals surface area (Å²) in [6.45, 7) is 5.01. The number of anilines is 6. The molecule has 0 aliphatic carbocycles. The lowest BCUT2D eigenvalue weighted by atomic mass is 9.94. The van der Waals surface area contributed by atoms with Crippen LogP contribution in [0.3, 0.4) is 0 Å². The van der Waals surface area contributed by atoms with Crippen LogP contribution < -0.4 is 25.6 Å². The summed E-state index contributed by atoms with van der Waals surface area (Å²) in [6.07, 6.45) is 9.60. The maximum Gasteiger partial charge on any atom is 0.323 e. The average molecular weight is 656 g/mol. The first-order chi connectivity index (χ1) is 23.1. The molecule has 12 nitrogen and oxygen atoms in total. The fraction of sp³-hybridized carbons (Fsp3) is 0.382. The van der Waals surface area contributed by atoms with Gasteiger partial charge in [-0.1, -0.05) is 17.7 Å². The van der Waals surface area contributed by atoms with E-state index >= 15 is 0 Å². The number of aromatic nitrogens is 4. The van der Waals surface area contributed by atoms with E-state index in [0.29, 0.717) is 61.4 Å². The number of aryl methyl sites for hydroxylation is 2. The second kappa shape index (κ2) is 14.4. The van der Waals surface area contributed by atoms with E-state index in [1.807, 2.05) is 41.4 Å². The Bertz CT molecular complexity index is 1710. The lowest BCUT2D eigenvalue weighted by Gasteiger charge is -2.32. The third-order valence-corrected chi connectivity index (χ3v) is 9.07. The zero-order valence-corrected chi connectivity index (χ0v) is 26.9. The van der Waals surface area contributed by atoms with Gasteiger partial charge in [-0.15, -0.1) is 0 Å². The second-order valence-electron chi connectivity index (χ2n) is 12.0. The number of ether oxygens (including phenoxy) is 2. The standard InChI is InChI=1S/C34H38ClN9O3/c35-28-22-37-33-39-27-18-24(20-36-21-27)4-5-25-19-26(38-32(28)42-33)6-7-29(25)47-15-10-23-8-11-44(12-9-23)34(45)41-30-2-1-3-31(40-30)43-13-16-46-17-14-43/h1-3,6-7,18-23H,4-5,8-17H2,(H,40,41,45)(H2,37,38,39,42). The van der Waals surface area contributed by atoms with Crippen LogP contribution in [0.5, 0.6) is 5.75 Å². The number of nitrogens with one attached hydrogen (secondary N) is 3. The van der Waals surface area contributed by atoms with Crippen LogP contribution in [0, 0.1) is 5.92 Å². The Morgan fingerprint density at radius 1 is 0.979 bits per heavy atom. The largest absolute Gasteiger partial charge is 0.493 e. The molecule has 3 aliphatic heterocycles. The van der Waals surface area contributed by atoms with E-state index in [-0.39, 0.29) is 6.03 Å². The summed E-state index contributed by atoms with van der Waals surface area (Å²) in [7, 11) is 0. The van der Waals surface area contributed by atoms with Crippen molar-refractivity contribution in [1.29, 1.82) is 0 Å². The number of carbonyl (C=O) groups excluding carboxylic acids is 1. The molecule has 0 radical (unpaired) electrons. The quantitative estimate of drug-likeness (QED) is 0.226. The number of amides is 2. The molecule has 0 spiro atoms. The molecule has 6 heterocycles. The smallest absolute Gasteiger partial charge is 0.323 e. The molecular formula is C34H38ClN9O3. The van der Waals surface area contributed by atoms with Crippen LogP contribution in [0.4, 0.5) is 39.6 Å². The average Bonchev–Trinajstić information content (AvgIpc) is 3.10. The number of morpholine rings is 1. The van der Waals surface area contributed by atoms with E-state index in [0.717, 1.165) is 79.3 Å². The van der Waals surface area contributed by atoms with Crippen LogP contribution >= 0.6 is 11.6 Å². The lowest BCUT2D eigenvalue weighted by molar-refractivity contribution is 0.122. The minimum atomic E-state index is -0.101. The van der Waals surface area contributed by atoms with Crippen molar-refractivity contribution in [2.75, 3.05) is 66.8 Å². The minimum absolute atomic E-state index is 0.101. The molecule has 2 saturated heterocycles. The van der Waals surface area contributed by atoms with Crippen LogP contribution in [-0.2, 0) is 17.6 Å². The van der Waals surface area contributed by atoms with Crippen LogP contribution in [0.25, 0.3) is 0 Å². The third kappa shape index (κ3) is 7.83. The van der Waals surface area contributed by atoms with Crippen LogP contribution in [0.15, 0.2) is 61.1 Å². The summed E-state index contributed by atoms with van der Waals surface area (Å²) in [5, 5.41) is 9.98. The molecular weight excluding hydrogens is 618 g/mol. The number of benzene rings is 1. The Labute approximate surface area is 278 Å². The Kier molecular flexibility index (Phi) is 9.48. The van der Waals surface area contributed by atoms with E-state index in [9.17, 15) is 4.79 Å². The predicted molar refractivity (Wildman–Crippen MR) is 182 cm³/mol. The summed E-state index contributed by atoms with van der Waals surface area (Å²) in [5.74, 6) is 3.75. The molecule has 2 amide bonds. The molecule has 244 valence electrons. The third-order valence-electron chi connectivity index (χ3n) is 8.79. The number of rotatable bonds is 6. The van der Waals surface area contributed by atoms with Crippen LogP contribution in [-0.4, -0.2) is 76.9 Å². The number of hydrogen-bond donors (Lipinski definition) is 3. The highest BCUT2D eigenvalue weighted by Gasteiger charge is 2.24. The Hall–Kier alpha value is -4.68. The molecule has 3 N–H and O–H groups in total. The molecule has 13 heteroatoms. The van der Waals surface area contributed by atoms with Crippen molar-refractivity contribution < 1.29 is 14.3 Å². The van der Waals surface area contributed by atoms with Crippen molar-refractivity contribution in [2.24, 2.45) is 5.92 Å². The highest BCUT2D eigenvalue weighted by molar-refractivity contribution is 6.32. The first-order valence-electron chi connectivity index (χ1n) is 16.2. The number of nitrogens with zero attached hydrogens (tertiary/aromatic N) is 6. The minimum Gasteiger partial charge on any atom is -0.493 e. The monoisotopic (exact) mass is 655 g/mol. The molecule has 0 saturated carbocycles. The summed E-state index contributed by atoms with van der Waals surface area (Å²) in [6, 6.07) is 13.8. The topological polar surface area (TPSA) is 130 Å². The van der Waals surface area contributed by atoms with Gasteiger partial charge in [-0.3, -0.25) is 10.3 Å². The van der Waals surface area contributed by atoms with Gasteiger partial charge in [0.25, 0.3) is 0 Å². The predicted octanol–water partition coefficient (Wildman–Crippen LogP) is 6.06. The Balaban J connectivity index is 0.935. The number of piperidine rings is 1. The fourth-order valence-electron chi connectivity index (χ4n) is 6.16. The summed E-state index contributed by atoms with van der Waals surface area (Å²) >= 11 is 6.42. The van der Waals surface area contributed by atoms with Gasteiger partial charge in [0.05, 0.1) is 37.9 Å². The number of hydrogen-bond acceptors (Lipinski definition) is 10. The van der Waals surface area contributed by atoms with Gasteiger partial charge in [0.2, 0.25) is 5.95 Å². The van der Waals surface area contributed by atoms with E-state index in [1.165, 1.54) is 0 Å². The fourth-order valence-corrected chi connectivity index (χ4v) is 6.29. The van der Waals surface area contributed by atoms with Crippen molar-refractivity contribution in [3.63, 3.8) is 0 Å². The van der Waals surface area contributed by atoms with E-state index in [2.05, 4.69) is 52.9 Å². The molecule has 4 aromatic rings. The molecule has 7 rings (SSSR count). The number of likely N-dealkylation sites (tertiary alicyclic amines) is 1. The van der Waals surface area contributed by atoms with Gasteiger partial charge in [-0.25, -0.2) is 14.8 Å². The molecule has 6 bridgehead atoms. The van der Waals surface area contributed by atoms with Crippen molar-refractivity contribution in [2.45, 2.75) is 32.1 Å². The van der Waals surface area contributed by atoms with E-state index in [1.54, 1.807) is 12.4 Å². The second-order valence-corrected chi connectivity index (χ2v) is 12.4. The number of pyridine rings is 2. The Morgan fingerprint density at radius 2 is 1.85 bits per heavy atom. The summed E-state index contributed by atoms with van der Waals surface area (Å²) in [5.41, 5.74) is 3.88. The first kappa shape index (κ1) is 30.9.